The molecule has 0 aliphatic heterocycles. The van der Waals surface area contributed by atoms with Crippen LogP contribution in [-0.2, 0) is 6.54 Å². The van der Waals surface area contributed by atoms with E-state index in [1.807, 2.05) is 35.6 Å². The number of halogens is 1. The highest BCUT2D eigenvalue weighted by atomic mass is 35.5. The maximum atomic E-state index is 6.25. The summed E-state index contributed by atoms with van der Waals surface area (Å²) in [5.41, 5.74) is 7.41. The lowest BCUT2D eigenvalue weighted by Gasteiger charge is -2.22. The summed E-state index contributed by atoms with van der Waals surface area (Å²) < 4.78 is 0. The van der Waals surface area contributed by atoms with Gasteiger partial charge in [0.15, 0.2) is 0 Å². The lowest BCUT2D eigenvalue weighted by molar-refractivity contribution is 0.270. The van der Waals surface area contributed by atoms with Gasteiger partial charge < -0.3 is 5.73 Å². The van der Waals surface area contributed by atoms with Crippen molar-refractivity contribution in [1.82, 2.24) is 4.90 Å². The van der Waals surface area contributed by atoms with Crippen LogP contribution in [0.2, 0.25) is 5.02 Å². The van der Waals surface area contributed by atoms with E-state index >= 15 is 0 Å². The molecule has 0 saturated carbocycles. The van der Waals surface area contributed by atoms with Crippen LogP contribution in [0.4, 0.5) is 0 Å². The van der Waals surface area contributed by atoms with Gasteiger partial charge in [0.2, 0.25) is 0 Å². The van der Waals surface area contributed by atoms with Crippen molar-refractivity contribution in [3.8, 4) is 0 Å². The molecule has 1 heterocycles. The van der Waals surface area contributed by atoms with Crippen LogP contribution in [0, 0.1) is 0 Å². The molecule has 108 valence electrons. The minimum atomic E-state index is 0.0738. The molecule has 0 amide bonds. The van der Waals surface area contributed by atoms with E-state index in [0.29, 0.717) is 0 Å². The van der Waals surface area contributed by atoms with Crippen LogP contribution in [0.1, 0.15) is 29.8 Å². The van der Waals surface area contributed by atoms with E-state index in [1.165, 1.54) is 4.88 Å². The average molecular weight is 309 g/mol. The first-order valence-corrected chi connectivity index (χ1v) is 8.20. The van der Waals surface area contributed by atoms with Crippen molar-refractivity contribution < 1.29 is 0 Å². The lowest BCUT2D eigenvalue weighted by Crippen LogP contribution is -2.26. The minimum absolute atomic E-state index is 0.0738. The Morgan fingerprint density at radius 3 is 2.60 bits per heavy atom. The van der Waals surface area contributed by atoms with Crippen LogP contribution in [0.15, 0.2) is 41.8 Å². The zero-order chi connectivity index (χ0) is 14.4. The maximum absolute atomic E-state index is 6.25. The van der Waals surface area contributed by atoms with Crippen LogP contribution in [0.5, 0.6) is 0 Å². The van der Waals surface area contributed by atoms with E-state index < -0.39 is 0 Å². The first-order chi connectivity index (χ1) is 9.69. The van der Waals surface area contributed by atoms with E-state index in [0.717, 1.165) is 36.6 Å². The highest BCUT2D eigenvalue weighted by Crippen LogP contribution is 2.18. The van der Waals surface area contributed by atoms with Gasteiger partial charge in [0.05, 0.1) is 0 Å². The molecule has 2 nitrogen and oxygen atoms in total. The number of thiophene rings is 1. The van der Waals surface area contributed by atoms with Crippen molar-refractivity contribution in [1.29, 1.82) is 0 Å². The lowest BCUT2D eigenvalue weighted by atomic mass is 10.0. The van der Waals surface area contributed by atoms with Gasteiger partial charge in [-0.25, -0.2) is 0 Å². The molecule has 0 bridgehead atoms. The van der Waals surface area contributed by atoms with Gasteiger partial charge in [-0.05, 0) is 42.1 Å². The third kappa shape index (κ3) is 4.60. The molecule has 0 radical (unpaired) electrons. The quantitative estimate of drug-likeness (QED) is 0.825. The number of benzene rings is 1. The van der Waals surface area contributed by atoms with E-state index in [9.17, 15) is 0 Å². The molecule has 2 aromatic rings. The molecule has 0 aliphatic carbocycles. The number of hydrogen-bond donors (Lipinski definition) is 1. The predicted octanol–water partition coefficient (Wildman–Crippen LogP) is 4.31. The van der Waals surface area contributed by atoms with Crippen LogP contribution < -0.4 is 5.73 Å². The Morgan fingerprint density at radius 2 is 2.00 bits per heavy atom. The summed E-state index contributed by atoms with van der Waals surface area (Å²) in [7, 11) is 0. The second-order valence-corrected chi connectivity index (χ2v) is 6.36. The van der Waals surface area contributed by atoms with Gasteiger partial charge in [-0.2, -0.15) is 0 Å². The number of hydrogen-bond acceptors (Lipinski definition) is 3. The highest BCUT2D eigenvalue weighted by molar-refractivity contribution is 7.09. The third-order valence-electron chi connectivity index (χ3n) is 3.46. The number of rotatable bonds is 7. The van der Waals surface area contributed by atoms with Gasteiger partial charge >= 0.3 is 0 Å². The molecular formula is C16H21ClN2S. The second kappa shape index (κ2) is 7.79. The normalized spacial score (nSPS) is 12.8. The van der Waals surface area contributed by atoms with Crippen molar-refractivity contribution in [2.24, 2.45) is 5.73 Å². The fourth-order valence-corrected chi connectivity index (χ4v) is 3.04. The predicted molar refractivity (Wildman–Crippen MR) is 88.3 cm³/mol. The molecular weight excluding hydrogens is 288 g/mol. The van der Waals surface area contributed by atoms with Gasteiger partial charge in [0.25, 0.3) is 0 Å². The molecule has 20 heavy (non-hydrogen) atoms. The Balaban J connectivity index is 1.84. The fourth-order valence-electron chi connectivity index (χ4n) is 2.17. The molecule has 1 aromatic heterocycles. The molecule has 0 saturated heterocycles. The Hall–Kier alpha value is -0.870. The van der Waals surface area contributed by atoms with Crippen molar-refractivity contribution in [2.75, 3.05) is 13.1 Å². The standard InChI is InChI=1S/C16H21ClN2S/c1-2-19(12-15-4-3-11-20-15)10-9-16(18)13-5-7-14(17)8-6-13/h3-8,11,16H,2,9-10,12,18H2,1H3. The van der Waals surface area contributed by atoms with Gasteiger partial charge in [-0.15, -0.1) is 11.3 Å². The van der Waals surface area contributed by atoms with Crippen LogP contribution in [0.3, 0.4) is 0 Å². The zero-order valence-corrected chi connectivity index (χ0v) is 13.3. The maximum Gasteiger partial charge on any atom is 0.0406 e. The van der Waals surface area contributed by atoms with Crippen LogP contribution >= 0.6 is 22.9 Å². The van der Waals surface area contributed by atoms with Crippen LogP contribution in [0.25, 0.3) is 0 Å². The summed E-state index contributed by atoms with van der Waals surface area (Å²) in [6.45, 7) is 5.27. The van der Waals surface area contributed by atoms with Crippen molar-refractivity contribution in [3.63, 3.8) is 0 Å². The summed E-state index contributed by atoms with van der Waals surface area (Å²) in [6.07, 6.45) is 0.959. The summed E-state index contributed by atoms with van der Waals surface area (Å²) in [4.78, 5) is 3.84. The van der Waals surface area contributed by atoms with Crippen molar-refractivity contribution >= 4 is 22.9 Å². The summed E-state index contributed by atoms with van der Waals surface area (Å²) >= 11 is 7.71. The Kier molecular flexibility index (Phi) is 6.05. The Morgan fingerprint density at radius 1 is 1.25 bits per heavy atom. The summed E-state index contributed by atoms with van der Waals surface area (Å²) in [6, 6.07) is 12.2. The van der Waals surface area contributed by atoms with Crippen molar-refractivity contribution in [2.45, 2.75) is 25.9 Å². The van der Waals surface area contributed by atoms with Gasteiger partial charge in [0, 0.05) is 29.0 Å². The molecule has 1 unspecified atom stereocenters. The van der Waals surface area contributed by atoms with Gasteiger partial charge in [-0.1, -0.05) is 36.7 Å². The molecule has 2 rings (SSSR count). The minimum Gasteiger partial charge on any atom is -0.324 e. The molecule has 4 heteroatoms. The molecule has 1 atom stereocenters. The van der Waals surface area contributed by atoms with E-state index in [2.05, 4.69) is 29.3 Å². The largest absolute Gasteiger partial charge is 0.324 e. The smallest absolute Gasteiger partial charge is 0.0406 e. The third-order valence-corrected chi connectivity index (χ3v) is 4.57. The number of nitrogens with two attached hydrogens (primary N) is 1. The average Bonchev–Trinajstić information content (AvgIpc) is 2.96. The van der Waals surface area contributed by atoms with Gasteiger partial charge in [-0.3, -0.25) is 4.90 Å². The van der Waals surface area contributed by atoms with E-state index in [-0.39, 0.29) is 6.04 Å². The zero-order valence-electron chi connectivity index (χ0n) is 11.8. The molecule has 0 aliphatic rings. The first-order valence-electron chi connectivity index (χ1n) is 6.95. The first kappa shape index (κ1) is 15.5. The van der Waals surface area contributed by atoms with Gasteiger partial charge in [0.1, 0.15) is 0 Å². The monoisotopic (exact) mass is 308 g/mol. The summed E-state index contributed by atoms with van der Waals surface area (Å²) in [5.74, 6) is 0. The molecule has 1 aromatic carbocycles. The fraction of sp³-hybridized carbons (Fsp3) is 0.375. The summed E-state index contributed by atoms with van der Waals surface area (Å²) in [5, 5.41) is 2.89. The van der Waals surface area contributed by atoms with Crippen molar-refractivity contribution in [3.05, 3.63) is 57.2 Å². The topological polar surface area (TPSA) is 29.3 Å². The van der Waals surface area contributed by atoms with E-state index in [4.69, 9.17) is 17.3 Å². The number of nitrogens with zero attached hydrogens (tertiary/aromatic N) is 1. The molecule has 0 fully saturated rings. The molecule has 0 spiro atoms. The van der Waals surface area contributed by atoms with E-state index in [1.54, 1.807) is 0 Å². The SMILES string of the molecule is CCN(CCC(N)c1ccc(Cl)cc1)Cc1cccs1. The highest BCUT2D eigenvalue weighted by Gasteiger charge is 2.10. The van der Waals surface area contributed by atoms with Crippen LogP contribution in [-0.4, -0.2) is 18.0 Å². The molecule has 2 N–H and O–H groups in total. The Bertz CT molecular complexity index is 496. The second-order valence-electron chi connectivity index (χ2n) is 4.89. The Labute approximate surface area is 130 Å².